The molecule has 35 heavy (non-hydrogen) atoms. The summed E-state index contributed by atoms with van der Waals surface area (Å²) < 4.78 is 19.3. The maximum absolute atomic E-state index is 13.8. The van der Waals surface area contributed by atoms with Crippen molar-refractivity contribution in [1.29, 1.82) is 0 Å². The largest absolute Gasteiger partial charge is 0.355 e. The molecular formula is C24H24Cl3FN4O2S. The van der Waals surface area contributed by atoms with Crippen LogP contribution in [0.25, 0.3) is 11.4 Å². The number of halogens is 4. The van der Waals surface area contributed by atoms with Gasteiger partial charge >= 0.3 is 0 Å². The average Bonchev–Trinajstić information content (AvgIpc) is 3.28. The monoisotopic (exact) mass is 556 g/mol. The van der Waals surface area contributed by atoms with Crippen LogP contribution in [0.3, 0.4) is 0 Å². The van der Waals surface area contributed by atoms with Crippen LogP contribution in [0, 0.1) is 11.7 Å². The van der Waals surface area contributed by atoms with Crippen LogP contribution in [0.4, 0.5) is 4.39 Å². The molecule has 6 nitrogen and oxygen atoms in total. The van der Waals surface area contributed by atoms with Crippen LogP contribution < -0.4 is 5.32 Å². The van der Waals surface area contributed by atoms with Crippen LogP contribution in [0.2, 0.25) is 15.1 Å². The number of benzene rings is 2. The van der Waals surface area contributed by atoms with Gasteiger partial charge in [0.15, 0.2) is 0 Å². The zero-order chi connectivity index (χ0) is 24.8. The molecule has 3 aromatic rings. The lowest BCUT2D eigenvalue weighted by Crippen LogP contribution is -2.43. The van der Waals surface area contributed by atoms with Crippen molar-refractivity contribution in [2.75, 3.05) is 25.4 Å². The number of nitrogens with one attached hydrogen (secondary N) is 1. The van der Waals surface area contributed by atoms with E-state index in [4.69, 9.17) is 39.3 Å². The molecule has 11 heteroatoms. The van der Waals surface area contributed by atoms with Crippen LogP contribution in [0.5, 0.6) is 0 Å². The Kier molecular flexibility index (Phi) is 9.30. The van der Waals surface area contributed by atoms with Crippen molar-refractivity contribution in [2.45, 2.75) is 25.1 Å². The van der Waals surface area contributed by atoms with Crippen LogP contribution in [-0.2, 0) is 17.1 Å². The van der Waals surface area contributed by atoms with E-state index in [1.165, 1.54) is 17.8 Å². The molecule has 1 fully saturated rings. The Hall–Kier alpha value is -1.84. The normalized spacial score (nSPS) is 16.4. The molecule has 0 radical (unpaired) electrons. The van der Waals surface area contributed by atoms with Crippen molar-refractivity contribution in [3.05, 3.63) is 68.7 Å². The quantitative estimate of drug-likeness (QED) is 0.321. The summed E-state index contributed by atoms with van der Waals surface area (Å²) in [7, 11) is 0. The Bertz CT molecular complexity index is 1160. The summed E-state index contributed by atoms with van der Waals surface area (Å²) in [5.74, 6) is 1.62. The van der Waals surface area contributed by atoms with E-state index < -0.39 is 0 Å². The van der Waals surface area contributed by atoms with Crippen molar-refractivity contribution in [1.82, 2.24) is 20.4 Å². The van der Waals surface area contributed by atoms with E-state index in [0.717, 1.165) is 19.4 Å². The van der Waals surface area contributed by atoms with Crippen molar-refractivity contribution in [3.8, 4) is 11.4 Å². The predicted octanol–water partition coefficient (Wildman–Crippen LogP) is 6.10. The second kappa shape index (κ2) is 12.4. The first-order valence-electron chi connectivity index (χ1n) is 11.2. The van der Waals surface area contributed by atoms with Gasteiger partial charge in [-0.05, 0) is 49.7 Å². The number of likely N-dealkylation sites (tertiary alicyclic amines) is 1. The molecule has 1 unspecified atom stereocenters. The van der Waals surface area contributed by atoms with Crippen molar-refractivity contribution < 1.29 is 13.7 Å². The fourth-order valence-corrected chi connectivity index (χ4v) is 5.63. The number of amides is 1. The first-order chi connectivity index (χ1) is 16.9. The van der Waals surface area contributed by atoms with Gasteiger partial charge < -0.3 is 9.84 Å². The van der Waals surface area contributed by atoms with E-state index >= 15 is 0 Å². The third kappa shape index (κ3) is 7.11. The van der Waals surface area contributed by atoms with Gasteiger partial charge in [0, 0.05) is 45.8 Å². The first-order valence-corrected chi connectivity index (χ1v) is 13.5. The molecule has 0 bridgehead atoms. The Morgan fingerprint density at radius 3 is 2.89 bits per heavy atom. The lowest BCUT2D eigenvalue weighted by Gasteiger charge is -2.30. The molecule has 0 saturated carbocycles. The van der Waals surface area contributed by atoms with Gasteiger partial charge in [0.2, 0.25) is 17.6 Å². The van der Waals surface area contributed by atoms with Gasteiger partial charge in [-0.1, -0.05) is 46.0 Å². The Labute approximate surface area is 222 Å². The van der Waals surface area contributed by atoms with Gasteiger partial charge in [-0.3, -0.25) is 9.69 Å². The molecule has 1 aromatic heterocycles. The first kappa shape index (κ1) is 26.2. The van der Waals surface area contributed by atoms with Gasteiger partial charge in [-0.2, -0.15) is 16.7 Å². The standard InChI is InChI=1S/C24H24Cl3FN4O2S/c25-16-6-7-17(20(27)11-16)23-30-22(34-31-23)13-32-9-2-3-15(12-32)24(33)29-8-10-35-14-18-19(26)4-1-5-21(18)28/h1,4-7,11,15H,2-3,8-10,12-14H2,(H,29,33). The summed E-state index contributed by atoms with van der Waals surface area (Å²) in [6.45, 7) is 2.44. The fraction of sp³-hybridized carbons (Fsp3) is 0.375. The fourth-order valence-electron chi connectivity index (χ4n) is 3.94. The maximum Gasteiger partial charge on any atom is 0.241 e. The second-order valence-corrected chi connectivity index (χ2v) is 10.6. The topological polar surface area (TPSA) is 71.3 Å². The van der Waals surface area contributed by atoms with Crippen molar-refractivity contribution >= 4 is 52.5 Å². The Morgan fingerprint density at radius 2 is 2.09 bits per heavy atom. The number of carbonyl (C=O) groups excluding carboxylic acids is 1. The molecule has 2 aromatic carbocycles. The van der Waals surface area contributed by atoms with Gasteiger partial charge in [0.1, 0.15) is 5.82 Å². The summed E-state index contributed by atoms with van der Waals surface area (Å²) in [4.78, 5) is 19.3. The zero-order valence-corrected chi connectivity index (χ0v) is 21.9. The summed E-state index contributed by atoms with van der Waals surface area (Å²) in [5.41, 5.74) is 1.15. The zero-order valence-electron chi connectivity index (χ0n) is 18.8. The number of aromatic nitrogens is 2. The van der Waals surface area contributed by atoms with Crippen molar-refractivity contribution in [2.24, 2.45) is 5.92 Å². The van der Waals surface area contributed by atoms with Gasteiger partial charge in [0.25, 0.3) is 0 Å². The number of thioether (sulfide) groups is 1. The highest BCUT2D eigenvalue weighted by Gasteiger charge is 2.27. The Morgan fingerprint density at radius 1 is 1.23 bits per heavy atom. The molecule has 1 amide bonds. The lowest BCUT2D eigenvalue weighted by molar-refractivity contribution is -0.126. The number of piperidine rings is 1. The molecule has 1 atom stereocenters. The molecular weight excluding hydrogens is 534 g/mol. The van der Waals surface area contributed by atoms with E-state index in [9.17, 15) is 9.18 Å². The molecule has 1 aliphatic heterocycles. The number of rotatable bonds is 9. The van der Waals surface area contributed by atoms with Crippen LogP contribution in [-0.4, -0.2) is 46.3 Å². The van der Waals surface area contributed by atoms with Crippen LogP contribution in [0.1, 0.15) is 24.3 Å². The summed E-state index contributed by atoms with van der Waals surface area (Å²) in [5, 5.41) is 8.45. The number of hydrogen-bond donors (Lipinski definition) is 1. The molecule has 1 N–H and O–H groups in total. The SMILES string of the molecule is O=C(NCCSCc1c(F)cccc1Cl)C1CCCN(Cc2nc(-c3ccc(Cl)cc3Cl)no2)C1. The number of carbonyl (C=O) groups is 1. The van der Waals surface area contributed by atoms with Gasteiger partial charge in [0.05, 0.1) is 17.5 Å². The summed E-state index contributed by atoms with van der Waals surface area (Å²) >= 11 is 19.8. The minimum atomic E-state index is -0.305. The third-order valence-electron chi connectivity index (χ3n) is 5.73. The molecule has 1 saturated heterocycles. The molecule has 0 aliphatic carbocycles. The van der Waals surface area contributed by atoms with E-state index in [1.54, 1.807) is 30.3 Å². The minimum Gasteiger partial charge on any atom is -0.355 e. The van der Waals surface area contributed by atoms with Gasteiger partial charge in [-0.15, -0.1) is 0 Å². The second-order valence-electron chi connectivity index (χ2n) is 8.25. The van der Waals surface area contributed by atoms with Crippen molar-refractivity contribution in [3.63, 3.8) is 0 Å². The molecule has 186 valence electrons. The highest BCUT2D eigenvalue weighted by molar-refractivity contribution is 7.98. The van der Waals surface area contributed by atoms with Crippen LogP contribution in [0.15, 0.2) is 40.9 Å². The average molecular weight is 558 g/mol. The van der Waals surface area contributed by atoms with E-state index in [1.807, 2.05) is 0 Å². The third-order valence-corrected chi connectivity index (χ3v) is 7.62. The molecule has 2 heterocycles. The number of hydrogen-bond acceptors (Lipinski definition) is 6. The maximum atomic E-state index is 13.8. The summed E-state index contributed by atoms with van der Waals surface area (Å²) in [6, 6.07) is 9.78. The van der Waals surface area contributed by atoms with Crippen LogP contribution >= 0.6 is 46.6 Å². The number of nitrogens with zero attached hydrogens (tertiary/aromatic N) is 3. The highest BCUT2D eigenvalue weighted by Crippen LogP contribution is 2.29. The lowest BCUT2D eigenvalue weighted by atomic mass is 9.97. The van der Waals surface area contributed by atoms with E-state index in [-0.39, 0.29) is 17.6 Å². The molecule has 4 rings (SSSR count). The van der Waals surface area contributed by atoms with E-state index in [0.29, 0.717) is 69.0 Å². The minimum absolute atomic E-state index is 0.0263. The smallest absolute Gasteiger partial charge is 0.241 e. The van der Waals surface area contributed by atoms with E-state index in [2.05, 4.69) is 20.4 Å². The Balaban J connectivity index is 1.22. The molecule has 1 aliphatic rings. The molecule has 0 spiro atoms. The highest BCUT2D eigenvalue weighted by atomic mass is 35.5. The summed E-state index contributed by atoms with van der Waals surface area (Å²) in [6.07, 6.45) is 1.73. The predicted molar refractivity (Wildman–Crippen MR) is 138 cm³/mol. The van der Waals surface area contributed by atoms with Gasteiger partial charge in [-0.25, -0.2) is 4.39 Å².